The first-order valence-electron chi connectivity index (χ1n) is 24.0. The van der Waals surface area contributed by atoms with Crippen LogP contribution in [0, 0.1) is 6.92 Å². The predicted molar refractivity (Wildman–Crippen MR) is 252 cm³/mol. The van der Waals surface area contributed by atoms with Crippen LogP contribution in [-0.2, 0) is 16.7 Å². The van der Waals surface area contributed by atoms with Gasteiger partial charge in [0.15, 0.2) is 17.2 Å². The van der Waals surface area contributed by atoms with Crippen LogP contribution in [-0.4, -0.2) is 4.57 Å². The number of fused-ring (bicyclic) bond motifs is 5. The molecule has 0 aliphatic carbocycles. The molecule has 0 bridgehead atoms. The predicted octanol–water partition coefficient (Wildman–Crippen LogP) is 13.3. The third-order valence-electron chi connectivity index (χ3n) is 13.3. The van der Waals surface area contributed by atoms with Crippen molar-refractivity contribution >= 4 is 11.0 Å². The van der Waals surface area contributed by atoms with E-state index in [2.05, 4.69) is 177 Å². The standard InChI is InChI=1S/C58H49N3O/c1-36-31-51(46(35-45(36)38-19-12-9-13-20-38)39-25-27-41(28-26-39)56(2,3)4)60-49-23-16-22-43-47-33-42(57(5,6)7)34-48-50-32-40(37-17-10-8-11-18-37)29-30-59(50)58(53(47)48)61(54(43)49)55(60)44-21-14-15-24-52(44)62-58/h8-35H,1-7H3/q+2/i8D,10D,11D,17D,18D. The molecule has 3 aliphatic rings. The van der Waals surface area contributed by atoms with Gasteiger partial charge in [0.2, 0.25) is 5.69 Å². The van der Waals surface area contributed by atoms with Gasteiger partial charge < -0.3 is 4.74 Å². The molecule has 0 amide bonds. The Kier molecular flexibility index (Phi) is 6.53. The zero-order valence-corrected chi connectivity index (χ0v) is 36.0. The van der Waals surface area contributed by atoms with Gasteiger partial charge in [-0.05, 0) is 111 Å². The molecule has 12 rings (SSSR count). The summed E-state index contributed by atoms with van der Waals surface area (Å²) in [6.45, 7) is 15.6. The number of benzene rings is 7. The smallest absolute Gasteiger partial charge is 0.392 e. The van der Waals surface area contributed by atoms with E-state index in [0.717, 1.165) is 89.6 Å². The number of ether oxygens (including phenoxy) is 1. The maximum Gasteiger partial charge on any atom is 0.499 e. The van der Waals surface area contributed by atoms with E-state index in [9.17, 15) is 0 Å². The van der Waals surface area contributed by atoms with Gasteiger partial charge in [0.05, 0.1) is 12.4 Å². The van der Waals surface area contributed by atoms with Crippen molar-refractivity contribution in [2.45, 2.75) is 65.1 Å². The highest BCUT2D eigenvalue weighted by atomic mass is 16.5. The Hall–Kier alpha value is -7.04. The number of hydrogen-bond donors (Lipinski definition) is 0. The molecular formula is C58H49N3O+2. The molecule has 4 heteroatoms. The van der Waals surface area contributed by atoms with E-state index in [0.29, 0.717) is 5.56 Å². The SMILES string of the molecule is [2H]c1c([2H])c([2H])c(-c2cc[n+]3c(c2)-c2cc(C(C)(C)C)cc4c2C32Oc3ccccc3-c3n(-c5cc(C)c(-c6ccccc6)cc5-c5ccc(C(C)(C)C)cc5)c5cccc-4c5[n+]32)c([2H])c1[2H]. The number of rotatable bonds is 4. The number of hydrogen-bond acceptors (Lipinski definition) is 1. The minimum atomic E-state index is -1.25. The Balaban J connectivity index is 1.22. The van der Waals surface area contributed by atoms with Crippen molar-refractivity contribution in [1.29, 1.82) is 0 Å². The van der Waals surface area contributed by atoms with Crippen LogP contribution >= 0.6 is 0 Å². The molecule has 7 aromatic carbocycles. The first kappa shape index (κ1) is 31.8. The van der Waals surface area contributed by atoms with Gasteiger partial charge >= 0.3 is 11.7 Å². The van der Waals surface area contributed by atoms with Crippen LogP contribution in [0.25, 0.3) is 83.9 Å². The fourth-order valence-corrected chi connectivity index (χ4v) is 10.2. The van der Waals surface area contributed by atoms with E-state index in [1.165, 1.54) is 11.1 Å². The number of nitrogens with zero attached hydrogens (tertiary/aromatic N) is 3. The lowest BCUT2D eigenvalue weighted by Gasteiger charge is -2.33. The summed E-state index contributed by atoms with van der Waals surface area (Å²) >= 11 is 0. The fourth-order valence-electron chi connectivity index (χ4n) is 10.2. The highest BCUT2D eigenvalue weighted by Crippen LogP contribution is 2.54. The molecule has 300 valence electrons. The van der Waals surface area contributed by atoms with Crippen molar-refractivity contribution in [3.05, 3.63) is 192 Å². The van der Waals surface area contributed by atoms with E-state index >= 15 is 0 Å². The van der Waals surface area contributed by atoms with E-state index in [1.807, 2.05) is 24.4 Å². The summed E-state index contributed by atoms with van der Waals surface area (Å²) in [5.41, 5.74) is 17.6. The molecule has 1 unspecified atom stereocenters. The van der Waals surface area contributed by atoms with Crippen molar-refractivity contribution in [2.24, 2.45) is 0 Å². The first-order valence-corrected chi connectivity index (χ1v) is 21.5. The van der Waals surface area contributed by atoms with Gasteiger partial charge in [0, 0.05) is 28.8 Å². The average molecular weight is 809 g/mol. The van der Waals surface area contributed by atoms with Gasteiger partial charge in [-0.15, -0.1) is 9.13 Å². The summed E-state index contributed by atoms with van der Waals surface area (Å²) < 4.78 is 58.1. The molecule has 2 aromatic heterocycles. The molecule has 4 nitrogen and oxygen atoms in total. The highest BCUT2D eigenvalue weighted by Gasteiger charge is 2.68. The maximum atomic E-state index is 8.98. The van der Waals surface area contributed by atoms with E-state index in [4.69, 9.17) is 11.6 Å². The van der Waals surface area contributed by atoms with Crippen LogP contribution in [0.4, 0.5) is 0 Å². The van der Waals surface area contributed by atoms with Crippen LogP contribution < -0.4 is 13.9 Å². The number of para-hydroxylation sites is 2. The van der Waals surface area contributed by atoms with Gasteiger partial charge in [-0.1, -0.05) is 145 Å². The maximum absolute atomic E-state index is 8.98. The van der Waals surface area contributed by atoms with Crippen LogP contribution in [0.1, 0.15) is 70.7 Å². The Bertz CT molecular complexity index is 3610. The summed E-state index contributed by atoms with van der Waals surface area (Å²) in [5.74, 6) is 0.454. The third kappa shape index (κ3) is 5.07. The second-order valence-corrected chi connectivity index (χ2v) is 19.1. The molecule has 0 saturated heterocycles. The summed E-state index contributed by atoms with van der Waals surface area (Å²) in [4.78, 5) is 0. The van der Waals surface area contributed by atoms with E-state index < -0.39 is 11.9 Å². The Labute approximate surface area is 371 Å². The van der Waals surface area contributed by atoms with Crippen molar-refractivity contribution in [2.75, 3.05) is 0 Å². The number of aromatic nitrogens is 3. The van der Waals surface area contributed by atoms with E-state index in [1.54, 1.807) is 0 Å². The van der Waals surface area contributed by atoms with Crippen molar-refractivity contribution in [1.82, 2.24) is 4.57 Å². The summed E-state index contributed by atoms with van der Waals surface area (Å²) in [6.07, 6.45) is 1.98. The third-order valence-corrected chi connectivity index (χ3v) is 13.3. The van der Waals surface area contributed by atoms with E-state index in [-0.39, 0.29) is 40.6 Å². The van der Waals surface area contributed by atoms with Gasteiger partial charge in [-0.2, -0.15) is 4.57 Å². The first-order chi connectivity index (χ1) is 32.0. The topological polar surface area (TPSA) is 21.9 Å². The second-order valence-electron chi connectivity index (χ2n) is 19.1. The zero-order chi connectivity index (χ0) is 46.6. The quantitative estimate of drug-likeness (QED) is 0.162. The molecule has 9 aromatic rings. The lowest BCUT2D eigenvalue weighted by atomic mass is 9.80. The molecule has 3 aliphatic heterocycles. The molecule has 0 fully saturated rings. The molecule has 1 spiro atoms. The minimum absolute atomic E-state index is 0.00865. The van der Waals surface area contributed by atoms with Crippen molar-refractivity contribution in [3.63, 3.8) is 0 Å². The summed E-state index contributed by atoms with van der Waals surface area (Å²) in [7, 11) is 0. The normalized spacial score (nSPS) is 16.7. The van der Waals surface area contributed by atoms with Crippen LogP contribution in [0.15, 0.2) is 170 Å². The second kappa shape index (κ2) is 12.7. The molecule has 1 atom stereocenters. The molecule has 0 saturated carbocycles. The van der Waals surface area contributed by atoms with Gasteiger partial charge in [0.1, 0.15) is 22.6 Å². The molecule has 0 N–H and O–H groups in total. The zero-order valence-electron chi connectivity index (χ0n) is 41.0. The molecular weight excluding hydrogens is 755 g/mol. The van der Waals surface area contributed by atoms with Gasteiger partial charge in [0.25, 0.3) is 0 Å². The largest absolute Gasteiger partial charge is 0.499 e. The molecule has 62 heavy (non-hydrogen) atoms. The van der Waals surface area contributed by atoms with Crippen LogP contribution in [0.2, 0.25) is 0 Å². The van der Waals surface area contributed by atoms with Gasteiger partial charge in [-0.25, -0.2) is 0 Å². The molecule has 5 heterocycles. The average Bonchev–Trinajstić information content (AvgIpc) is 3.81. The number of pyridine rings is 1. The Morgan fingerprint density at radius 1 is 0.565 bits per heavy atom. The minimum Gasteiger partial charge on any atom is -0.392 e. The monoisotopic (exact) mass is 808 g/mol. The lowest BCUT2D eigenvalue weighted by molar-refractivity contribution is -0.997. The highest BCUT2D eigenvalue weighted by molar-refractivity contribution is 5.99. The summed E-state index contributed by atoms with van der Waals surface area (Å²) in [5, 5.41) is 0. The fraction of sp³-hybridized carbons (Fsp3) is 0.172. The van der Waals surface area contributed by atoms with Crippen LogP contribution in [0.3, 0.4) is 0 Å². The number of imidazole rings is 1. The molecule has 0 radical (unpaired) electrons. The van der Waals surface area contributed by atoms with Crippen LogP contribution in [0.5, 0.6) is 5.75 Å². The van der Waals surface area contributed by atoms with Gasteiger partial charge in [-0.3, -0.25) is 0 Å². The Morgan fingerprint density at radius 2 is 1.26 bits per heavy atom. The number of aryl methyl sites for hydroxylation is 1. The lowest BCUT2D eigenvalue weighted by Crippen LogP contribution is -2.78. The van der Waals surface area contributed by atoms with Crippen molar-refractivity contribution < 1.29 is 20.7 Å². The van der Waals surface area contributed by atoms with Crippen molar-refractivity contribution in [3.8, 4) is 78.6 Å². The summed E-state index contributed by atoms with van der Waals surface area (Å²) in [6, 6.07) is 46.2. The Morgan fingerprint density at radius 3 is 2.02 bits per heavy atom.